The van der Waals surface area contributed by atoms with Crippen LogP contribution in [0.1, 0.15) is 12.0 Å². The number of carbonyl (C=O) groups is 2. The number of nitrogens with zero attached hydrogens (tertiary/aromatic N) is 2. The monoisotopic (exact) mass is 399 g/mol. The summed E-state index contributed by atoms with van der Waals surface area (Å²) < 4.78 is 23.6. The van der Waals surface area contributed by atoms with Gasteiger partial charge in [-0.25, -0.2) is 4.39 Å². The van der Waals surface area contributed by atoms with Gasteiger partial charge in [0.25, 0.3) is 0 Å². The van der Waals surface area contributed by atoms with Crippen LogP contribution in [0.15, 0.2) is 42.5 Å². The maximum atomic E-state index is 13.1. The summed E-state index contributed by atoms with van der Waals surface area (Å²) in [6.07, 6.45) is -0.179. The Labute approximate surface area is 168 Å². The van der Waals surface area contributed by atoms with Gasteiger partial charge in [-0.3, -0.25) is 9.59 Å². The van der Waals surface area contributed by atoms with Crippen molar-refractivity contribution in [3.05, 3.63) is 53.8 Å². The average molecular weight is 399 g/mol. The van der Waals surface area contributed by atoms with Gasteiger partial charge >= 0.3 is 0 Å². The fourth-order valence-corrected chi connectivity index (χ4v) is 3.43. The van der Waals surface area contributed by atoms with Gasteiger partial charge in [0.15, 0.2) is 11.5 Å². The summed E-state index contributed by atoms with van der Waals surface area (Å²) in [5, 5.41) is 2.77. The number of hydrogen-bond acceptors (Lipinski definition) is 5. The van der Waals surface area contributed by atoms with Crippen LogP contribution in [0.5, 0.6) is 11.5 Å². The zero-order valence-electron chi connectivity index (χ0n) is 15.9. The highest BCUT2D eigenvalue weighted by atomic mass is 19.1. The number of hydrogen-bond donors (Lipinski definition) is 1. The van der Waals surface area contributed by atoms with Crippen molar-refractivity contribution in [2.45, 2.75) is 13.0 Å². The van der Waals surface area contributed by atoms with Gasteiger partial charge < -0.3 is 24.6 Å². The maximum absolute atomic E-state index is 13.1. The van der Waals surface area contributed by atoms with Crippen molar-refractivity contribution in [3.63, 3.8) is 0 Å². The first kappa shape index (κ1) is 19.0. The number of halogens is 1. The minimum absolute atomic E-state index is 0.179. The standard InChI is InChI=1S/C21H22FN3O4/c22-16-2-4-17(5-3-16)24-7-9-25(10-8-24)21(27)12-20(26)23-13-15-1-6-18-19(11-15)29-14-28-18/h1-6,11H,7-10,12-14H2,(H,23,26). The molecule has 4 rings (SSSR count). The second kappa shape index (κ2) is 8.38. The van der Waals surface area contributed by atoms with Crippen molar-refractivity contribution in [1.29, 1.82) is 0 Å². The van der Waals surface area contributed by atoms with Crippen LogP contribution in [0.3, 0.4) is 0 Å². The number of anilines is 1. The SMILES string of the molecule is O=C(CC(=O)N1CCN(c2ccc(F)cc2)CC1)NCc1ccc2c(c1)OCO2. The van der Waals surface area contributed by atoms with E-state index in [0.717, 1.165) is 11.3 Å². The van der Waals surface area contributed by atoms with E-state index >= 15 is 0 Å². The molecule has 1 saturated heterocycles. The highest BCUT2D eigenvalue weighted by Crippen LogP contribution is 2.32. The normalized spacial score (nSPS) is 15.3. The molecule has 0 spiro atoms. The van der Waals surface area contributed by atoms with Crippen LogP contribution in [0.2, 0.25) is 0 Å². The molecule has 0 unspecified atom stereocenters. The summed E-state index contributed by atoms with van der Waals surface area (Å²) in [6, 6.07) is 11.8. The van der Waals surface area contributed by atoms with Gasteiger partial charge in [0, 0.05) is 38.4 Å². The van der Waals surface area contributed by atoms with E-state index in [1.54, 1.807) is 23.1 Å². The highest BCUT2D eigenvalue weighted by molar-refractivity contribution is 5.97. The molecule has 2 aliphatic rings. The quantitative estimate of drug-likeness (QED) is 0.778. The van der Waals surface area contributed by atoms with Crippen LogP contribution in [-0.4, -0.2) is 49.7 Å². The van der Waals surface area contributed by atoms with E-state index in [0.29, 0.717) is 44.2 Å². The largest absolute Gasteiger partial charge is 0.454 e. The lowest BCUT2D eigenvalue weighted by molar-refractivity contribution is -0.136. The summed E-state index contributed by atoms with van der Waals surface area (Å²) in [7, 11) is 0. The Hall–Kier alpha value is -3.29. The molecule has 2 aliphatic heterocycles. The summed E-state index contributed by atoms with van der Waals surface area (Å²) in [4.78, 5) is 28.4. The lowest BCUT2D eigenvalue weighted by Crippen LogP contribution is -2.49. The number of amides is 2. The van der Waals surface area contributed by atoms with E-state index in [1.165, 1.54) is 12.1 Å². The van der Waals surface area contributed by atoms with Gasteiger partial charge in [0.1, 0.15) is 12.2 Å². The van der Waals surface area contributed by atoms with Crippen LogP contribution in [0, 0.1) is 5.82 Å². The summed E-state index contributed by atoms with van der Waals surface area (Å²) in [5.41, 5.74) is 1.81. The Kier molecular flexibility index (Phi) is 5.50. The average Bonchev–Trinajstić information content (AvgIpc) is 3.21. The minimum atomic E-state index is -0.311. The van der Waals surface area contributed by atoms with Crippen molar-refractivity contribution in [1.82, 2.24) is 10.2 Å². The van der Waals surface area contributed by atoms with E-state index < -0.39 is 0 Å². The molecule has 8 heteroatoms. The molecule has 2 heterocycles. The van der Waals surface area contributed by atoms with E-state index in [-0.39, 0.29) is 30.8 Å². The third kappa shape index (κ3) is 4.59. The second-order valence-corrected chi connectivity index (χ2v) is 6.99. The topological polar surface area (TPSA) is 71.1 Å². The molecule has 0 aromatic heterocycles. The van der Waals surface area contributed by atoms with Gasteiger partial charge in [-0.15, -0.1) is 0 Å². The van der Waals surface area contributed by atoms with Crippen LogP contribution in [0.4, 0.5) is 10.1 Å². The van der Waals surface area contributed by atoms with Gasteiger partial charge in [0.05, 0.1) is 0 Å². The number of fused-ring (bicyclic) bond motifs is 1. The molecule has 7 nitrogen and oxygen atoms in total. The molecule has 1 fully saturated rings. The minimum Gasteiger partial charge on any atom is -0.454 e. The van der Waals surface area contributed by atoms with E-state index in [4.69, 9.17) is 9.47 Å². The number of ether oxygens (including phenoxy) is 2. The Morgan fingerprint density at radius 1 is 0.966 bits per heavy atom. The number of piperazine rings is 1. The van der Waals surface area contributed by atoms with Crippen molar-refractivity contribution >= 4 is 17.5 Å². The van der Waals surface area contributed by atoms with Gasteiger partial charge in [-0.1, -0.05) is 6.07 Å². The van der Waals surface area contributed by atoms with Crippen LogP contribution in [0.25, 0.3) is 0 Å². The number of benzene rings is 2. The number of rotatable bonds is 5. The molecule has 0 aliphatic carbocycles. The molecule has 29 heavy (non-hydrogen) atoms. The first-order chi connectivity index (χ1) is 14.1. The molecular formula is C21H22FN3O4. The molecule has 2 amide bonds. The smallest absolute Gasteiger partial charge is 0.232 e. The molecule has 0 radical (unpaired) electrons. The summed E-state index contributed by atoms with van der Waals surface area (Å²) in [5.74, 6) is 0.580. The first-order valence-electron chi connectivity index (χ1n) is 9.52. The van der Waals surface area contributed by atoms with Gasteiger partial charge in [0.2, 0.25) is 18.6 Å². The molecule has 0 saturated carbocycles. The predicted molar refractivity (Wildman–Crippen MR) is 104 cm³/mol. The molecule has 2 aromatic carbocycles. The fourth-order valence-electron chi connectivity index (χ4n) is 3.43. The molecule has 2 aromatic rings. The summed E-state index contributed by atoms with van der Waals surface area (Å²) in [6.45, 7) is 2.89. The molecule has 0 atom stereocenters. The highest BCUT2D eigenvalue weighted by Gasteiger charge is 2.23. The Morgan fingerprint density at radius 3 is 2.45 bits per heavy atom. The number of nitrogens with one attached hydrogen (secondary N) is 1. The van der Waals surface area contributed by atoms with E-state index in [9.17, 15) is 14.0 Å². The zero-order chi connectivity index (χ0) is 20.2. The summed E-state index contributed by atoms with van der Waals surface area (Å²) >= 11 is 0. The predicted octanol–water partition coefficient (Wildman–Crippen LogP) is 1.91. The zero-order valence-corrected chi connectivity index (χ0v) is 15.9. The maximum Gasteiger partial charge on any atom is 0.232 e. The first-order valence-corrected chi connectivity index (χ1v) is 9.52. The van der Waals surface area contributed by atoms with Crippen LogP contribution >= 0.6 is 0 Å². The Morgan fingerprint density at radius 2 is 1.69 bits per heavy atom. The lowest BCUT2D eigenvalue weighted by atomic mass is 10.2. The molecule has 0 bridgehead atoms. The third-order valence-electron chi connectivity index (χ3n) is 5.06. The Balaban J connectivity index is 1.22. The van der Waals surface area contributed by atoms with Crippen molar-refractivity contribution in [2.75, 3.05) is 37.9 Å². The van der Waals surface area contributed by atoms with Crippen molar-refractivity contribution < 1.29 is 23.5 Å². The van der Waals surface area contributed by atoms with Crippen molar-refractivity contribution in [3.8, 4) is 11.5 Å². The Bertz CT molecular complexity index is 895. The molecule has 1 N–H and O–H groups in total. The van der Waals surface area contributed by atoms with Crippen molar-refractivity contribution in [2.24, 2.45) is 0 Å². The second-order valence-electron chi connectivity index (χ2n) is 6.99. The number of carbonyl (C=O) groups excluding carboxylic acids is 2. The van der Waals surface area contributed by atoms with Crippen LogP contribution < -0.4 is 19.7 Å². The lowest BCUT2D eigenvalue weighted by Gasteiger charge is -2.36. The van der Waals surface area contributed by atoms with Crippen LogP contribution in [-0.2, 0) is 16.1 Å². The van der Waals surface area contributed by atoms with E-state index in [2.05, 4.69) is 10.2 Å². The fraction of sp³-hybridized carbons (Fsp3) is 0.333. The van der Waals surface area contributed by atoms with E-state index in [1.807, 2.05) is 12.1 Å². The third-order valence-corrected chi connectivity index (χ3v) is 5.06. The van der Waals surface area contributed by atoms with Gasteiger partial charge in [-0.2, -0.15) is 0 Å². The molecule has 152 valence electrons. The molecular weight excluding hydrogens is 377 g/mol. The van der Waals surface area contributed by atoms with Gasteiger partial charge in [-0.05, 0) is 42.0 Å².